The topological polar surface area (TPSA) is 72.5 Å². The van der Waals surface area contributed by atoms with Crippen LogP contribution in [0.1, 0.15) is 5.56 Å². The number of hydrogen-bond acceptors (Lipinski definition) is 6. The molecule has 3 N–H and O–H groups in total. The summed E-state index contributed by atoms with van der Waals surface area (Å²) >= 11 is 1.20. The van der Waals surface area contributed by atoms with E-state index in [4.69, 9.17) is 5.73 Å². The van der Waals surface area contributed by atoms with E-state index in [1.807, 2.05) is 0 Å². The van der Waals surface area contributed by atoms with E-state index < -0.39 is 17.9 Å². The molecule has 5 nitrogen and oxygen atoms in total. The molecule has 1 aromatic heterocycles. The zero-order valence-electron chi connectivity index (χ0n) is 10.2. The molecular weight excluding hydrogens is 312 g/mol. The number of nitrogens with one attached hydrogen (secondary N) is 1. The number of thiazole rings is 1. The van der Waals surface area contributed by atoms with Gasteiger partial charge in [-0.3, -0.25) is 5.43 Å². The molecule has 0 saturated carbocycles. The van der Waals surface area contributed by atoms with E-state index in [1.54, 1.807) is 5.38 Å². The van der Waals surface area contributed by atoms with Crippen molar-refractivity contribution in [2.75, 3.05) is 11.2 Å². The number of ether oxygens (including phenoxy) is 1. The predicted molar refractivity (Wildman–Crippen MR) is 70.8 cm³/mol. The Morgan fingerprint density at radius 2 is 2.14 bits per heavy atom. The summed E-state index contributed by atoms with van der Waals surface area (Å²) in [5, 5.41) is 5.75. The van der Waals surface area contributed by atoms with Crippen molar-refractivity contribution in [2.45, 2.75) is 6.36 Å². The predicted octanol–water partition coefficient (Wildman–Crippen LogP) is 3.21. The van der Waals surface area contributed by atoms with E-state index in [2.05, 4.69) is 20.2 Å². The third kappa shape index (κ3) is 4.60. The number of hydrogen-bond donors (Lipinski definition) is 2. The monoisotopic (exact) mass is 320 g/mol. The zero-order valence-corrected chi connectivity index (χ0v) is 11.0. The van der Waals surface area contributed by atoms with Crippen LogP contribution in [0.3, 0.4) is 0 Å². The average Bonchev–Trinajstić information content (AvgIpc) is 2.77. The van der Waals surface area contributed by atoms with Crippen LogP contribution >= 0.6 is 11.3 Å². The quantitative estimate of drug-likeness (QED) is 0.515. The van der Waals surface area contributed by atoms with Crippen LogP contribution in [0.2, 0.25) is 0 Å². The highest BCUT2D eigenvalue weighted by atomic mass is 32.1. The van der Waals surface area contributed by atoms with Crippen molar-refractivity contribution in [3.8, 4) is 5.75 Å². The van der Waals surface area contributed by atoms with Crippen LogP contribution < -0.4 is 15.9 Å². The van der Waals surface area contributed by atoms with E-state index in [1.165, 1.54) is 23.6 Å². The Morgan fingerprint density at radius 1 is 1.38 bits per heavy atom. The number of benzene rings is 1. The van der Waals surface area contributed by atoms with Crippen LogP contribution in [0, 0.1) is 5.82 Å². The Labute approximate surface area is 120 Å². The van der Waals surface area contributed by atoms with Gasteiger partial charge in [-0.1, -0.05) is 6.07 Å². The molecule has 0 aliphatic carbocycles. The number of nitrogen functional groups attached to an aromatic ring is 1. The van der Waals surface area contributed by atoms with Gasteiger partial charge in [-0.05, 0) is 17.7 Å². The Hall–Kier alpha value is -2.36. The van der Waals surface area contributed by atoms with Crippen LogP contribution in [0.5, 0.6) is 5.75 Å². The molecule has 2 aromatic rings. The minimum atomic E-state index is -4.97. The summed E-state index contributed by atoms with van der Waals surface area (Å²) in [7, 11) is 0. The number of hydrazone groups is 1. The summed E-state index contributed by atoms with van der Waals surface area (Å²) in [5.74, 6) is -1.73. The molecule has 0 unspecified atom stereocenters. The molecule has 0 radical (unpaired) electrons. The molecule has 112 valence electrons. The molecule has 2 rings (SSSR count). The fraction of sp³-hybridized carbons (Fsp3) is 0.0909. The highest BCUT2D eigenvalue weighted by Gasteiger charge is 2.32. The van der Waals surface area contributed by atoms with Crippen molar-refractivity contribution in [3.05, 3.63) is 35.0 Å². The molecular formula is C11H8F4N4OS. The van der Waals surface area contributed by atoms with Crippen LogP contribution in [0.25, 0.3) is 0 Å². The second-order valence-electron chi connectivity index (χ2n) is 3.69. The molecule has 10 heteroatoms. The van der Waals surface area contributed by atoms with Gasteiger partial charge in [-0.2, -0.15) is 5.10 Å². The third-order valence-corrected chi connectivity index (χ3v) is 2.84. The lowest BCUT2D eigenvalue weighted by Gasteiger charge is -2.09. The highest BCUT2D eigenvalue weighted by Crippen LogP contribution is 2.26. The molecule has 0 atom stereocenters. The summed E-state index contributed by atoms with van der Waals surface area (Å²) in [6.45, 7) is 0. The number of alkyl halides is 3. The largest absolute Gasteiger partial charge is 0.573 e. The smallest absolute Gasteiger partial charge is 0.403 e. The van der Waals surface area contributed by atoms with E-state index in [0.29, 0.717) is 10.9 Å². The van der Waals surface area contributed by atoms with Crippen molar-refractivity contribution in [1.82, 2.24) is 4.98 Å². The minimum Gasteiger partial charge on any atom is -0.403 e. The number of aromatic nitrogens is 1. The molecule has 1 aromatic carbocycles. The van der Waals surface area contributed by atoms with Gasteiger partial charge >= 0.3 is 6.36 Å². The fourth-order valence-electron chi connectivity index (χ4n) is 1.30. The van der Waals surface area contributed by atoms with Gasteiger partial charge in [0.2, 0.25) is 5.13 Å². The summed E-state index contributed by atoms with van der Waals surface area (Å²) < 4.78 is 53.0. The van der Waals surface area contributed by atoms with E-state index in [9.17, 15) is 17.6 Å². The number of rotatable bonds is 4. The number of nitrogens with two attached hydrogens (primary N) is 1. The van der Waals surface area contributed by atoms with Crippen molar-refractivity contribution in [2.24, 2.45) is 5.10 Å². The molecule has 21 heavy (non-hydrogen) atoms. The minimum absolute atomic E-state index is 0.215. The molecule has 0 aliphatic heterocycles. The van der Waals surface area contributed by atoms with Crippen molar-refractivity contribution >= 4 is 28.5 Å². The lowest BCUT2D eigenvalue weighted by molar-refractivity contribution is -0.275. The maximum absolute atomic E-state index is 13.2. The van der Waals surface area contributed by atoms with Gasteiger partial charge in [0.05, 0.1) is 6.21 Å². The van der Waals surface area contributed by atoms with Gasteiger partial charge in [0.15, 0.2) is 11.6 Å². The third-order valence-electron chi connectivity index (χ3n) is 2.08. The number of halogens is 4. The van der Waals surface area contributed by atoms with Crippen molar-refractivity contribution in [3.63, 3.8) is 0 Å². The van der Waals surface area contributed by atoms with Gasteiger partial charge in [0.1, 0.15) is 5.82 Å². The van der Waals surface area contributed by atoms with Gasteiger partial charge in [-0.15, -0.1) is 24.5 Å². The highest BCUT2D eigenvalue weighted by molar-refractivity contribution is 7.14. The number of anilines is 2. The molecule has 0 aliphatic rings. The molecule has 0 saturated heterocycles. The molecule has 0 fully saturated rings. The molecule has 0 spiro atoms. The lowest BCUT2D eigenvalue weighted by atomic mass is 10.2. The summed E-state index contributed by atoms with van der Waals surface area (Å²) in [4.78, 5) is 3.86. The van der Waals surface area contributed by atoms with Gasteiger partial charge in [0, 0.05) is 5.38 Å². The second kappa shape index (κ2) is 5.95. The Kier molecular flexibility index (Phi) is 4.26. The first-order valence-electron chi connectivity index (χ1n) is 5.39. The SMILES string of the molecule is Nc1csc(NN=Cc2ccc(F)c(OC(F)(F)F)c2)n1. The first-order valence-corrected chi connectivity index (χ1v) is 6.27. The van der Waals surface area contributed by atoms with Crippen molar-refractivity contribution < 1.29 is 22.3 Å². The zero-order chi connectivity index (χ0) is 15.5. The maximum Gasteiger partial charge on any atom is 0.573 e. The number of nitrogens with zero attached hydrogens (tertiary/aromatic N) is 2. The normalized spacial score (nSPS) is 11.8. The summed E-state index contributed by atoms with van der Waals surface area (Å²) in [6, 6.07) is 2.98. The average molecular weight is 320 g/mol. The molecule has 0 amide bonds. The Balaban J connectivity index is 2.08. The van der Waals surface area contributed by atoms with E-state index >= 15 is 0 Å². The molecule has 0 bridgehead atoms. The first-order chi connectivity index (χ1) is 9.83. The summed E-state index contributed by atoms with van der Waals surface area (Å²) in [6.07, 6.45) is -3.77. The van der Waals surface area contributed by atoms with E-state index in [0.717, 1.165) is 12.1 Å². The van der Waals surface area contributed by atoms with Crippen LogP contribution in [-0.2, 0) is 0 Å². The Morgan fingerprint density at radius 3 is 2.76 bits per heavy atom. The first kappa shape index (κ1) is 15.0. The molecule has 1 heterocycles. The van der Waals surface area contributed by atoms with Crippen LogP contribution in [0.15, 0.2) is 28.7 Å². The Bertz CT molecular complexity index is 656. The van der Waals surface area contributed by atoms with Crippen LogP contribution in [0.4, 0.5) is 28.5 Å². The van der Waals surface area contributed by atoms with Gasteiger partial charge < -0.3 is 10.5 Å². The van der Waals surface area contributed by atoms with Crippen LogP contribution in [-0.4, -0.2) is 17.6 Å². The standard InChI is InChI=1S/C11H8F4N4OS/c12-7-2-1-6(3-8(7)20-11(13,14)15)4-17-19-10-18-9(16)5-21-10/h1-5H,16H2,(H,18,19). The maximum atomic E-state index is 13.2. The van der Waals surface area contributed by atoms with E-state index in [-0.39, 0.29) is 5.56 Å². The van der Waals surface area contributed by atoms with Gasteiger partial charge in [0.25, 0.3) is 0 Å². The summed E-state index contributed by atoms with van der Waals surface area (Å²) in [5.41, 5.74) is 8.15. The van der Waals surface area contributed by atoms with Crippen molar-refractivity contribution in [1.29, 1.82) is 0 Å². The fourth-order valence-corrected chi connectivity index (χ4v) is 1.85. The second-order valence-corrected chi connectivity index (χ2v) is 4.54. The van der Waals surface area contributed by atoms with Gasteiger partial charge in [-0.25, -0.2) is 9.37 Å². The lowest BCUT2D eigenvalue weighted by Crippen LogP contribution is -2.18.